The first kappa shape index (κ1) is 39.6. The number of hydrogen-bond acceptors (Lipinski definition) is 9. The lowest BCUT2D eigenvalue weighted by Crippen LogP contribution is -2.54. The maximum atomic E-state index is 13.3. The smallest absolute Gasteiger partial charge is 0.262 e. The summed E-state index contributed by atoms with van der Waals surface area (Å²) in [6, 6.07) is 37.6. The van der Waals surface area contributed by atoms with Crippen LogP contribution in [0.5, 0.6) is 17.2 Å². The third kappa shape index (κ3) is 8.45. The second kappa shape index (κ2) is 17.4. The van der Waals surface area contributed by atoms with E-state index in [2.05, 4.69) is 104 Å². The Morgan fingerprint density at radius 1 is 0.733 bits per heavy atom. The van der Waals surface area contributed by atoms with Gasteiger partial charge >= 0.3 is 0 Å². The van der Waals surface area contributed by atoms with E-state index in [4.69, 9.17) is 9.47 Å². The Morgan fingerprint density at radius 3 is 2.25 bits per heavy atom. The zero-order valence-corrected chi connectivity index (χ0v) is 35.3. The molecular formula is C48H43BrN4O6S. The number of aryl methyl sites for hydroxylation is 1. The molecule has 0 spiro atoms. The van der Waals surface area contributed by atoms with Crippen LogP contribution in [0.4, 0.5) is 5.69 Å². The summed E-state index contributed by atoms with van der Waals surface area (Å²) in [5.74, 6) is 0.515. The highest BCUT2D eigenvalue weighted by Gasteiger charge is 2.44. The van der Waals surface area contributed by atoms with E-state index in [0.29, 0.717) is 17.7 Å². The first-order valence-corrected chi connectivity index (χ1v) is 22.0. The predicted molar refractivity (Wildman–Crippen MR) is 237 cm³/mol. The molecule has 3 aliphatic heterocycles. The fourth-order valence-electron chi connectivity index (χ4n) is 8.17. The first-order chi connectivity index (χ1) is 29.3. The lowest BCUT2D eigenvalue weighted by Gasteiger charge is -2.36. The summed E-state index contributed by atoms with van der Waals surface area (Å²) in [6.07, 6.45) is 3.38. The van der Waals surface area contributed by atoms with Gasteiger partial charge in [-0.2, -0.15) is 0 Å². The third-order valence-electron chi connectivity index (χ3n) is 11.5. The van der Waals surface area contributed by atoms with Crippen molar-refractivity contribution in [1.29, 1.82) is 0 Å². The van der Waals surface area contributed by atoms with Gasteiger partial charge in [0.25, 0.3) is 11.8 Å². The number of piperazine rings is 1. The zero-order chi connectivity index (χ0) is 41.2. The average molecular weight is 884 g/mol. The largest absolute Gasteiger partial charge is 0.489 e. The van der Waals surface area contributed by atoms with Gasteiger partial charge in [0.05, 0.1) is 16.0 Å². The van der Waals surface area contributed by atoms with Gasteiger partial charge in [0, 0.05) is 52.8 Å². The maximum absolute atomic E-state index is 13.3. The molecule has 5 aromatic carbocycles. The molecule has 0 aliphatic carbocycles. The van der Waals surface area contributed by atoms with Gasteiger partial charge in [-0.1, -0.05) is 70.5 Å². The minimum absolute atomic E-state index is 0.0976. The number of halogens is 1. The van der Waals surface area contributed by atoms with Gasteiger partial charge in [-0.3, -0.25) is 34.3 Å². The Balaban J connectivity index is 0.771. The highest BCUT2D eigenvalue weighted by Crippen LogP contribution is 2.47. The number of carbonyl (C=O) groups is 4. The van der Waals surface area contributed by atoms with E-state index in [0.717, 1.165) is 110 Å². The fraction of sp³-hybridized carbons (Fsp3) is 0.250. The number of anilines is 1. The monoisotopic (exact) mass is 882 g/mol. The normalized spacial score (nSPS) is 17.0. The molecule has 3 aliphatic rings. The standard InChI is InChI=1S/C48H43BrN4O6S/c49-34-13-11-33(12-14-34)45-44(39-20-18-37(29-42(39)60-45)58-30-32-7-2-1-3-8-32)59-36-16-9-31(10-17-36)6-4-5-23-51-24-26-52(27-25-51)35-15-19-38-40(28-35)48(57)53(47(38)56)41-21-22-43(54)50-46(41)55/h1-3,7-20,28-29,41H,4-6,21-27,30H2,(H,50,54,55). The van der Waals surface area contributed by atoms with Crippen LogP contribution in [0.3, 0.4) is 0 Å². The van der Waals surface area contributed by atoms with Crippen molar-refractivity contribution in [3.05, 3.63) is 142 Å². The van der Waals surface area contributed by atoms with Crippen LogP contribution in [0.25, 0.3) is 20.5 Å². The van der Waals surface area contributed by atoms with Crippen molar-refractivity contribution < 1.29 is 28.7 Å². The molecule has 304 valence electrons. The average Bonchev–Trinajstić information content (AvgIpc) is 3.75. The van der Waals surface area contributed by atoms with Crippen molar-refractivity contribution in [2.24, 2.45) is 0 Å². The molecule has 9 rings (SSSR count). The Hall–Kier alpha value is -5.82. The van der Waals surface area contributed by atoms with E-state index in [-0.39, 0.29) is 18.7 Å². The van der Waals surface area contributed by atoms with E-state index >= 15 is 0 Å². The van der Waals surface area contributed by atoms with Crippen LogP contribution in [-0.4, -0.2) is 72.2 Å². The van der Waals surface area contributed by atoms with Crippen molar-refractivity contribution in [3.8, 4) is 27.7 Å². The molecule has 60 heavy (non-hydrogen) atoms. The topological polar surface area (TPSA) is 108 Å². The lowest BCUT2D eigenvalue weighted by atomic mass is 10.0. The highest BCUT2D eigenvalue weighted by atomic mass is 79.9. The minimum Gasteiger partial charge on any atom is -0.489 e. The van der Waals surface area contributed by atoms with Gasteiger partial charge in [-0.05, 0) is 110 Å². The molecule has 2 saturated heterocycles. The summed E-state index contributed by atoms with van der Waals surface area (Å²) in [4.78, 5) is 57.3. The third-order valence-corrected chi connectivity index (χ3v) is 13.2. The van der Waals surface area contributed by atoms with Gasteiger partial charge in [-0.15, -0.1) is 11.3 Å². The molecule has 10 nitrogen and oxygen atoms in total. The number of piperidine rings is 1. The van der Waals surface area contributed by atoms with E-state index in [1.54, 1.807) is 23.5 Å². The number of nitrogens with zero attached hydrogens (tertiary/aromatic N) is 3. The second-order valence-electron chi connectivity index (χ2n) is 15.4. The zero-order valence-electron chi connectivity index (χ0n) is 32.9. The van der Waals surface area contributed by atoms with Crippen molar-refractivity contribution in [2.75, 3.05) is 37.6 Å². The molecule has 0 radical (unpaired) electrons. The van der Waals surface area contributed by atoms with E-state index < -0.39 is 23.8 Å². The van der Waals surface area contributed by atoms with Crippen LogP contribution in [0.1, 0.15) is 57.5 Å². The molecule has 6 aromatic rings. The van der Waals surface area contributed by atoms with Crippen LogP contribution in [0.2, 0.25) is 0 Å². The molecule has 1 atom stereocenters. The molecule has 4 amide bonds. The molecule has 4 heterocycles. The number of nitrogens with one attached hydrogen (secondary N) is 1. The summed E-state index contributed by atoms with van der Waals surface area (Å²) >= 11 is 5.28. The second-order valence-corrected chi connectivity index (χ2v) is 17.4. The van der Waals surface area contributed by atoms with Crippen LogP contribution in [0, 0.1) is 0 Å². The van der Waals surface area contributed by atoms with E-state index in [1.807, 2.05) is 30.3 Å². The Morgan fingerprint density at radius 2 is 1.48 bits per heavy atom. The number of ether oxygens (including phenoxy) is 2. The number of carbonyl (C=O) groups excluding carboxylic acids is 4. The van der Waals surface area contributed by atoms with Gasteiger partial charge in [-0.25, -0.2) is 0 Å². The Labute approximate surface area is 360 Å². The molecule has 1 unspecified atom stereocenters. The van der Waals surface area contributed by atoms with Crippen molar-refractivity contribution in [2.45, 2.75) is 44.8 Å². The number of benzene rings is 5. The van der Waals surface area contributed by atoms with Crippen molar-refractivity contribution in [3.63, 3.8) is 0 Å². The van der Waals surface area contributed by atoms with Crippen molar-refractivity contribution in [1.82, 2.24) is 15.1 Å². The summed E-state index contributed by atoms with van der Waals surface area (Å²) in [5, 5.41) is 3.30. The summed E-state index contributed by atoms with van der Waals surface area (Å²) in [7, 11) is 0. The van der Waals surface area contributed by atoms with Crippen LogP contribution in [-0.2, 0) is 22.6 Å². The van der Waals surface area contributed by atoms with Gasteiger partial charge < -0.3 is 14.4 Å². The molecule has 2 fully saturated rings. The summed E-state index contributed by atoms with van der Waals surface area (Å²) in [6.45, 7) is 4.95. The summed E-state index contributed by atoms with van der Waals surface area (Å²) < 4.78 is 15.0. The number of imide groups is 2. The summed E-state index contributed by atoms with van der Waals surface area (Å²) in [5.41, 5.74) is 5.00. The number of fused-ring (bicyclic) bond motifs is 2. The van der Waals surface area contributed by atoms with E-state index in [1.165, 1.54) is 5.56 Å². The SMILES string of the molecule is O=C1CCC(N2C(=O)c3ccc(N4CCN(CCCCc5ccc(Oc6c(-c7ccc(Br)cc7)sc7cc(OCc8ccccc8)ccc67)cc5)CC4)cc3C2=O)C(=O)N1. The number of thiophene rings is 1. The quantitative estimate of drug-likeness (QED) is 0.0904. The maximum Gasteiger partial charge on any atom is 0.262 e. The van der Waals surface area contributed by atoms with Crippen molar-refractivity contribution >= 4 is 66.7 Å². The van der Waals surface area contributed by atoms with E-state index in [9.17, 15) is 19.2 Å². The number of hydrogen-bond donors (Lipinski definition) is 1. The van der Waals surface area contributed by atoms with Crippen LogP contribution < -0.4 is 19.7 Å². The van der Waals surface area contributed by atoms with Gasteiger partial charge in [0.1, 0.15) is 24.1 Å². The molecule has 0 saturated carbocycles. The molecule has 1 aromatic heterocycles. The Bertz CT molecular complexity index is 2570. The Kier molecular flexibility index (Phi) is 11.5. The lowest BCUT2D eigenvalue weighted by molar-refractivity contribution is -0.136. The molecule has 12 heteroatoms. The number of rotatable bonds is 13. The highest BCUT2D eigenvalue weighted by molar-refractivity contribution is 9.10. The van der Waals surface area contributed by atoms with Crippen LogP contribution >= 0.6 is 27.3 Å². The molecule has 0 bridgehead atoms. The van der Waals surface area contributed by atoms with Gasteiger partial charge in [0.2, 0.25) is 11.8 Å². The number of amides is 4. The predicted octanol–water partition coefficient (Wildman–Crippen LogP) is 9.25. The minimum atomic E-state index is -0.966. The first-order valence-electron chi connectivity index (χ1n) is 20.4. The van der Waals surface area contributed by atoms with Gasteiger partial charge in [0.15, 0.2) is 5.75 Å². The number of unbranched alkanes of at least 4 members (excludes halogenated alkanes) is 1. The molecule has 1 N–H and O–H groups in total. The fourth-order valence-corrected chi connectivity index (χ4v) is 9.60. The molecular weight excluding hydrogens is 841 g/mol. The van der Waals surface area contributed by atoms with Crippen LogP contribution in [0.15, 0.2) is 120 Å².